The van der Waals surface area contributed by atoms with E-state index in [1.54, 1.807) is 0 Å². The molecule has 0 aromatic rings. The van der Waals surface area contributed by atoms with Gasteiger partial charge < -0.3 is 10.4 Å². The third-order valence-corrected chi connectivity index (χ3v) is 4.46. The summed E-state index contributed by atoms with van der Waals surface area (Å²) in [5, 5.41) is 13.0. The van der Waals surface area contributed by atoms with Crippen LogP contribution in [-0.4, -0.2) is 24.8 Å². The SMILES string of the molecule is OCC12C=CC(CC1)C1CNCC12. The second-order valence-electron chi connectivity index (χ2n) is 4.88. The summed E-state index contributed by atoms with van der Waals surface area (Å²) in [7, 11) is 0. The molecular formula is C11H17NO. The molecule has 72 valence electrons. The fraction of sp³-hybridized carbons (Fsp3) is 0.818. The van der Waals surface area contributed by atoms with Crippen LogP contribution in [0.1, 0.15) is 12.8 Å². The number of aliphatic hydroxyl groups is 1. The molecule has 4 unspecified atom stereocenters. The van der Waals surface area contributed by atoms with E-state index in [9.17, 15) is 5.11 Å². The molecule has 2 fully saturated rings. The van der Waals surface area contributed by atoms with Gasteiger partial charge in [0.15, 0.2) is 0 Å². The summed E-state index contributed by atoms with van der Waals surface area (Å²) in [6, 6.07) is 0. The van der Waals surface area contributed by atoms with Gasteiger partial charge in [-0.1, -0.05) is 12.2 Å². The monoisotopic (exact) mass is 179 g/mol. The molecular weight excluding hydrogens is 162 g/mol. The number of allylic oxidation sites excluding steroid dienone is 1. The second-order valence-corrected chi connectivity index (χ2v) is 4.88. The van der Waals surface area contributed by atoms with Crippen molar-refractivity contribution in [3.8, 4) is 0 Å². The van der Waals surface area contributed by atoms with E-state index < -0.39 is 0 Å². The van der Waals surface area contributed by atoms with Gasteiger partial charge in [-0.15, -0.1) is 0 Å². The maximum atomic E-state index is 9.53. The van der Waals surface area contributed by atoms with E-state index in [-0.39, 0.29) is 5.41 Å². The maximum Gasteiger partial charge on any atom is 0.0525 e. The zero-order valence-corrected chi connectivity index (χ0v) is 7.87. The van der Waals surface area contributed by atoms with Gasteiger partial charge >= 0.3 is 0 Å². The highest BCUT2D eigenvalue weighted by Gasteiger charge is 2.51. The Hall–Kier alpha value is -0.340. The van der Waals surface area contributed by atoms with E-state index in [4.69, 9.17) is 0 Å². The summed E-state index contributed by atoms with van der Waals surface area (Å²) in [5.74, 6) is 2.32. The molecule has 2 heteroatoms. The summed E-state index contributed by atoms with van der Waals surface area (Å²) in [6.07, 6.45) is 7.15. The van der Waals surface area contributed by atoms with E-state index in [0.29, 0.717) is 12.5 Å². The van der Waals surface area contributed by atoms with Crippen LogP contribution in [0.25, 0.3) is 0 Å². The molecule has 1 heterocycles. The Labute approximate surface area is 79.0 Å². The van der Waals surface area contributed by atoms with Crippen LogP contribution in [-0.2, 0) is 0 Å². The van der Waals surface area contributed by atoms with Crippen LogP contribution in [0.4, 0.5) is 0 Å². The Morgan fingerprint density at radius 3 is 3.08 bits per heavy atom. The van der Waals surface area contributed by atoms with E-state index >= 15 is 0 Å². The molecule has 0 radical (unpaired) electrons. The van der Waals surface area contributed by atoms with Crippen LogP contribution >= 0.6 is 0 Å². The lowest BCUT2D eigenvalue weighted by Crippen LogP contribution is -2.46. The molecule has 4 aliphatic rings. The molecule has 2 nitrogen and oxygen atoms in total. The normalized spacial score (nSPS) is 52.5. The molecule has 0 aromatic carbocycles. The number of rotatable bonds is 1. The first-order chi connectivity index (χ1) is 6.36. The number of fused-ring (bicyclic) bond motifs is 1. The molecule has 2 N–H and O–H groups in total. The van der Waals surface area contributed by atoms with E-state index in [1.165, 1.54) is 19.4 Å². The van der Waals surface area contributed by atoms with Crippen molar-refractivity contribution < 1.29 is 5.11 Å². The van der Waals surface area contributed by atoms with Crippen LogP contribution in [0.5, 0.6) is 0 Å². The van der Waals surface area contributed by atoms with Gasteiger partial charge in [-0.3, -0.25) is 0 Å². The Balaban J connectivity index is 2.01. The molecule has 0 aromatic heterocycles. The van der Waals surface area contributed by atoms with Crippen molar-refractivity contribution in [1.82, 2.24) is 5.32 Å². The first-order valence-electron chi connectivity index (χ1n) is 5.37. The molecule has 0 amide bonds. The van der Waals surface area contributed by atoms with Gasteiger partial charge in [0.1, 0.15) is 0 Å². The van der Waals surface area contributed by atoms with Crippen LogP contribution in [0.2, 0.25) is 0 Å². The predicted octanol–water partition coefficient (Wildman–Crippen LogP) is 0.780. The van der Waals surface area contributed by atoms with Gasteiger partial charge in [-0.25, -0.2) is 0 Å². The average Bonchev–Trinajstić information content (AvgIpc) is 2.70. The molecule has 1 aliphatic heterocycles. The minimum Gasteiger partial charge on any atom is -0.395 e. The zero-order valence-electron chi connectivity index (χ0n) is 7.87. The molecule has 2 bridgehead atoms. The lowest BCUT2D eigenvalue weighted by atomic mass is 9.55. The minimum atomic E-state index is 0.142. The molecule has 1 saturated heterocycles. The average molecular weight is 179 g/mol. The number of hydrogen-bond donors (Lipinski definition) is 2. The van der Waals surface area contributed by atoms with E-state index in [1.807, 2.05) is 0 Å². The highest BCUT2D eigenvalue weighted by atomic mass is 16.3. The third-order valence-electron chi connectivity index (χ3n) is 4.46. The van der Waals surface area contributed by atoms with E-state index in [0.717, 1.165) is 18.4 Å². The topological polar surface area (TPSA) is 32.3 Å². The molecule has 3 aliphatic carbocycles. The summed E-state index contributed by atoms with van der Waals surface area (Å²) in [6.45, 7) is 2.63. The molecule has 13 heavy (non-hydrogen) atoms. The molecule has 4 rings (SSSR count). The van der Waals surface area contributed by atoms with Crippen molar-refractivity contribution in [2.45, 2.75) is 12.8 Å². The van der Waals surface area contributed by atoms with Crippen molar-refractivity contribution in [3.63, 3.8) is 0 Å². The first kappa shape index (κ1) is 8.01. The number of nitrogens with one attached hydrogen (secondary N) is 1. The Kier molecular flexibility index (Phi) is 1.59. The summed E-state index contributed by atoms with van der Waals surface area (Å²) in [4.78, 5) is 0. The smallest absolute Gasteiger partial charge is 0.0525 e. The predicted molar refractivity (Wildman–Crippen MR) is 51.2 cm³/mol. The highest BCUT2D eigenvalue weighted by molar-refractivity contribution is 5.19. The fourth-order valence-electron chi connectivity index (χ4n) is 3.62. The number of aliphatic hydroxyl groups excluding tert-OH is 1. The van der Waals surface area contributed by atoms with Gasteiger partial charge in [0.25, 0.3) is 0 Å². The lowest BCUT2D eigenvalue weighted by molar-refractivity contribution is 0.0199. The minimum absolute atomic E-state index is 0.142. The summed E-state index contributed by atoms with van der Waals surface area (Å²) >= 11 is 0. The second kappa shape index (κ2) is 2.58. The van der Waals surface area contributed by atoms with Crippen molar-refractivity contribution in [1.29, 1.82) is 0 Å². The zero-order chi connectivity index (χ0) is 8.89. The van der Waals surface area contributed by atoms with Gasteiger partial charge in [0, 0.05) is 5.41 Å². The standard InChI is InChI=1S/C11H17NO/c13-7-11-3-1-8(2-4-11)9-5-12-6-10(9)11/h1,3,8-10,12-13H,2,4-7H2. The van der Waals surface area contributed by atoms with Gasteiger partial charge in [0.05, 0.1) is 6.61 Å². The Bertz CT molecular complexity index is 250. The highest BCUT2D eigenvalue weighted by Crippen LogP contribution is 2.53. The van der Waals surface area contributed by atoms with E-state index in [2.05, 4.69) is 17.5 Å². The van der Waals surface area contributed by atoms with Crippen molar-refractivity contribution >= 4 is 0 Å². The third kappa shape index (κ3) is 0.906. The molecule has 4 atom stereocenters. The van der Waals surface area contributed by atoms with Crippen molar-refractivity contribution in [2.24, 2.45) is 23.2 Å². The van der Waals surface area contributed by atoms with Gasteiger partial charge in [-0.2, -0.15) is 0 Å². The van der Waals surface area contributed by atoms with Gasteiger partial charge in [0.2, 0.25) is 0 Å². The van der Waals surface area contributed by atoms with Crippen LogP contribution in [0.3, 0.4) is 0 Å². The Morgan fingerprint density at radius 1 is 1.46 bits per heavy atom. The molecule has 0 spiro atoms. The lowest BCUT2D eigenvalue weighted by Gasteiger charge is -2.49. The maximum absolute atomic E-state index is 9.53. The summed E-state index contributed by atoms with van der Waals surface area (Å²) < 4.78 is 0. The van der Waals surface area contributed by atoms with Crippen molar-refractivity contribution in [2.75, 3.05) is 19.7 Å². The van der Waals surface area contributed by atoms with Crippen molar-refractivity contribution in [3.05, 3.63) is 12.2 Å². The quantitative estimate of drug-likeness (QED) is 0.583. The number of hydrogen-bond acceptors (Lipinski definition) is 2. The fourth-order valence-corrected chi connectivity index (χ4v) is 3.62. The van der Waals surface area contributed by atoms with Crippen LogP contribution < -0.4 is 5.32 Å². The molecule has 1 saturated carbocycles. The first-order valence-corrected chi connectivity index (χ1v) is 5.37. The van der Waals surface area contributed by atoms with Gasteiger partial charge in [-0.05, 0) is 43.7 Å². The Morgan fingerprint density at radius 2 is 2.38 bits per heavy atom. The van der Waals surface area contributed by atoms with Crippen LogP contribution in [0.15, 0.2) is 12.2 Å². The summed E-state index contributed by atoms with van der Waals surface area (Å²) in [5.41, 5.74) is 0.142. The van der Waals surface area contributed by atoms with Crippen LogP contribution in [0, 0.1) is 23.2 Å². The largest absolute Gasteiger partial charge is 0.395 e.